The molecule has 0 saturated heterocycles. The largest absolute Gasteiger partial charge is 0.496 e. The number of hydrogen-bond donors (Lipinski definition) is 2. The van der Waals surface area contributed by atoms with Crippen LogP contribution in [0.15, 0.2) is 36.9 Å². The molecule has 1 atom stereocenters. The molecule has 8 nitrogen and oxygen atoms in total. The Bertz CT molecular complexity index is 878. The molecule has 1 amide bonds. The topological polar surface area (TPSA) is 96.0 Å². The van der Waals surface area contributed by atoms with Gasteiger partial charge >= 0.3 is 0 Å². The van der Waals surface area contributed by atoms with E-state index in [4.69, 9.17) is 4.74 Å². The smallest absolute Gasteiger partial charge is 0.240 e. The van der Waals surface area contributed by atoms with Crippen LogP contribution < -0.4 is 15.0 Å². The summed E-state index contributed by atoms with van der Waals surface area (Å²) >= 11 is 0. The van der Waals surface area contributed by atoms with E-state index in [0.29, 0.717) is 17.0 Å². The number of ether oxygens (including phenoxy) is 1. The molecule has 1 aromatic carbocycles. The van der Waals surface area contributed by atoms with Gasteiger partial charge in [-0.25, -0.2) is 15.0 Å². The van der Waals surface area contributed by atoms with Crippen LogP contribution in [0.4, 0.5) is 5.82 Å². The minimum Gasteiger partial charge on any atom is -0.496 e. The number of fused-ring (bicyclic) bond motifs is 1. The number of para-hydroxylation sites is 1. The Labute approximate surface area is 145 Å². The monoisotopic (exact) mass is 340 g/mol. The number of aromatic amines is 1. The molecular weight excluding hydrogens is 320 g/mol. The molecule has 0 aliphatic heterocycles. The van der Waals surface area contributed by atoms with Gasteiger partial charge < -0.3 is 19.9 Å². The lowest BCUT2D eigenvalue weighted by Crippen LogP contribution is -2.37. The molecule has 0 fully saturated rings. The van der Waals surface area contributed by atoms with Gasteiger partial charge in [-0.1, -0.05) is 18.2 Å². The lowest BCUT2D eigenvalue weighted by molar-refractivity contribution is -0.120. The first kappa shape index (κ1) is 16.7. The van der Waals surface area contributed by atoms with Crippen LogP contribution in [-0.4, -0.2) is 46.5 Å². The summed E-state index contributed by atoms with van der Waals surface area (Å²) in [5, 5.41) is 2.98. The Morgan fingerprint density at radius 1 is 1.32 bits per heavy atom. The second-order valence-electron chi connectivity index (χ2n) is 5.69. The first-order chi connectivity index (χ1) is 12.1. The van der Waals surface area contributed by atoms with E-state index in [1.54, 1.807) is 25.4 Å². The number of imidazole rings is 1. The number of amides is 1. The van der Waals surface area contributed by atoms with E-state index in [1.807, 2.05) is 31.2 Å². The predicted molar refractivity (Wildman–Crippen MR) is 94.5 cm³/mol. The van der Waals surface area contributed by atoms with Gasteiger partial charge in [-0.05, 0) is 13.0 Å². The maximum Gasteiger partial charge on any atom is 0.240 e. The van der Waals surface area contributed by atoms with Crippen molar-refractivity contribution in [1.29, 1.82) is 0 Å². The van der Waals surface area contributed by atoms with E-state index >= 15 is 0 Å². The molecule has 3 aromatic rings. The van der Waals surface area contributed by atoms with Crippen LogP contribution in [0.2, 0.25) is 0 Å². The molecule has 0 bridgehead atoms. The predicted octanol–water partition coefficient (Wildman–Crippen LogP) is 1.68. The van der Waals surface area contributed by atoms with Gasteiger partial charge in [-0.2, -0.15) is 0 Å². The van der Waals surface area contributed by atoms with Crippen molar-refractivity contribution in [2.75, 3.05) is 25.6 Å². The lowest BCUT2D eigenvalue weighted by Gasteiger charge is -2.21. The number of aromatic nitrogens is 4. The normalized spacial score (nSPS) is 12.0. The minimum absolute atomic E-state index is 0.118. The van der Waals surface area contributed by atoms with Crippen LogP contribution >= 0.6 is 0 Å². The molecule has 2 heterocycles. The first-order valence-electron chi connectivity index (χ1n) is 7.87. The average molecular weight is 340 g/mol. The van der Waals surface area contributed by atoms with Gasteiger partial charge in [0.2, 0.25) is 5.91 Å². The minimum atomic E-state index is -0.172. The van der Waals surface area contributed by atoms with Crippen LogP contribution in [-0.2, 0) is 4.79 Å². The molecule has 0 saturated carbocycles. The molecule has 2 N–H and O–H groups in total. The summed E-state index contributed by atoms with van der Waals surface area (Å²) in [4.78, 5) is 29.6. The van der Waals surface area contributed by atoms with Crippen molar-refractivity contribution in [3.05, 3.63) is 42.5 Å². The third-order valence-corrected chi connectivity index (χ3v) is 3.93. The molecule has 0 aliphatic rings. The third kappa shape index (κ3) is 3.52. The van der Waals surface area contributed by atoms with E-state index in [1.165, 1.54) is 6.33 Å². The van der Waals surface area contributed by atoms with Crippen molar-refractivity contribution >= 4 is 22.9 Å². The zero-order chi connectivity index (χ0) is 17.8. The van der Waals surface area contributed by atoms with Gasteiger partial charge in [-0.3, -0.25) is 4.79 Å². The van der Waals surface area contributed by atoms with Crippen molar-refractivity contribution in [1.82, 2.24) is 25.3 Å². The maximum absolute atomic E-state index is 12.4. The van der Waals surface area contributed by atoms with Gasteiger partial charge in [0, 0.05) is 12.6 Å². The molecule has 0 aliphatic carbocycles. The molecule has 0 spiro atoms. The van der Waals surface area contributed by atoms with Gasteiger partial charge in [-0.15, -0.1) is 0 Å². The Balaban J connectivity index is 1.69. The van der Waals surface area contributed by atoms with Crippen LogP contribution in [0, 0.1) is 0 Å². The fourth-order valence-electron chi connectivity index (χ4n) is 2.72. The summed E-state index contributed by atoms with van der Waals surface area (Å²) in [5.41, 5.74) is 2.20. The van der Waals surface area contributed by atoms with Crippen LogP contribution in [0.1, 0.15) is 18.5 Å². The van der Waals surface area contributed by atoms with Crippen LogP contribution in [0.3, 0.4) is 0 Å². The number of H-pyrrole nitrogens is 1. The highest BCUT2D eigenvalue weighted by atomic mass is 16.5. The summed E-state index contributed by atoms with van der Waals surface area (Å²) in [5.74, 6) is 1.26. The third-order valence-electron chi connectivity index (χ3n) is 3.93. The van der Waals surface area contributed by atoms with Crippen molar-refractivity contribution in [3.63, 3.8) is 0 Å². The molecule has 0 unspecified atom stereocenters. The molecule has 3 rings (SSSR count). The summed E-state index contributed by atoms with van der Waals surface area (Å²) in [6, 6.07) is 7.46. The molecule has 0 radical (unpaired) electrons. The van der Waals surface area contributed by atoms with Gasteiger partial charge in [0.15, 0.2) is 11.5 Å². The second-order valence-corrected chi connectivity index (χ2v) is 5.69. The summed E-state index contributed by atoms with van der Waals surface area (Å²) in [6.45, 7) is 2.08. The zero-order valence-electron chi connectivity index (χ0n) is 14.4. The van der Waals surface area contributed by atoms with Crippen molar-refractivity contribution in [3.8, 4) is 5.75 Å². The van der Waals surface area contributed by atoms with E-state index in [9.17, 15) is 4.79 Å². The number of carbonyl (C=O) groups excluding carboxylic acids is 1. The van der Waals surface area contributed by atoms with E-state index in [0.717, 1.165) is 11.3 Å². The average Bonchev–Trinajstić information content (AvgIpc) is 3.10. The van der Waals surface area contributed by atoms with Gasteiger partial charge in [0.05, 0.1) is 26.0 Å². The van der Waals surface area contributed by atoms with Crippen molar-refractivity contribution in [2.24, 2.45) is 0 Å². The Kier molecular flexibility index (Phi) is 4.78. The highest BCUT2D eigenvalue weighted by molar-refractivity contribution is 5.87. The molecule has 130 valence electrons. The number of methoxy groups -OCH3 is 1. The van der Waals surface area contributed by atoms with Crippen molar-refractivity contribution in [2.45, 2.75) is 13.0 Å². The zero-order valence-corrected chi connectivity index (χ0v) is 14.4. The molecular formula is C17H20N6O2. The Morgan fingerprint density at radius 3 is 2.92 bits per heavy atom. The van der Waals surface area contributed by atoms with Crippen molar-refractivity contribution < 1.29 is 9.53 Å². The highest BCUT2D eigenvalue weighted by Crippen LogP contribution is 2.24. The SMILES string of the molecule is COc1ccccc1[C@@H](C)NC(=O)CN(C)c1ncnc2nc[nH]c12. The fourth-order valence-corrected chi connectivity index (χ4v) is 2.72. The highest BCUT2D eigenvalue weighted by Gasteiger charge is 2.17. The number of carbonyl (C=O) groups is 1. The second kappa shape index (κ2) is 7.16. The van der Waals surface area contributed by atoms with E-state index < -0.39 is 0 Å². The van der Waals surface area contributed by atoms with Crippen LogP contribution in [0.5, 0.6) is 5.75 Å². The number of hydrogen-bond acceptors (Lipinski definition) is 6. The summed E-state index contributed by atoms with van der Waals surface area (Å²) < 4.78 is 5.35. The summed E-state index contributed by atoms with van der Waals surface area (Å²) in [6.07, 6.45) is 2.99. The molecule has 2 aromatic heterocycles. The van der Waals surface area contributed by atoms with Crippen LogP contribution in [0.25, 0.3) is 11.2 Å². The number of benzene rings is 1. The first-order valence-corrected chi connectivity index (χ1v) is 7.87. The quantitative estimate of drug-likeness (QED) is 0.709. The Morgan fingerprint density at radius 2 is 2.12 bits per heavy atom. The van der Waals surface area contributed by atoms with Gasteiger partial charge in [0.25, 0.3) is 0 Å². The number of likely N-dealkylation sites (N-methyl/N-ethyl adjacent to an activating group) is 1. The lowest BCUT2D eigenvalue weighted by atomic mass is 10.1. The maximum atomic E-state index is 12.4. The van der Waals surface area contributed by atoms with E-state index in [-0.39, 0.29) is 18.5 Å². The number of nitrogens with one attached hydrogen (secondary N) is 2. The molecule has 25 heavy (non-hydrogen) atoms. The Hall–Kier alpha value is -3.16. The number of rotatable bonds is 6. The summed E-state index contributed by atoms with van der Waals surface area (Å²) in [7, 11) is 3.42. The standard InChI is InChI=1S/C17H20N6O2/c1-11(12-6-4-5-7-13(12)25-3)22-14(24)8-23(2)17-15-16(19-9-18-15)20-10-21-17/h4-7,9-11H,8H2,1-3H3,(H,22,24)(H,18,19,20,21)/t11-/m1/s1. The van der Waals surface area contributed by atoms with E-state index in [2.05, 4.69) is 25.3 Å². The van der Waals surface area contributed by atoms with Gasteiger partial charge in [0.1, 0.15) is 17.6 Å². The fraction of sp³-hybridized carbons (Fsp3) is 0.294. The number of anilines is 1. The molecule has 8 heteroatoms. The number of nitrogens with zero attached hydrogens (tertiary/aromatic N) is 4.